The van der Waals surface area contributed by atoms with E-state index in [4.69, 9.17) is 0 Å². The van der Waals surface area contributed by atoms with Crippen LogP contribution in [0, 0.1) is 0 Å². The topological polar surface area (TPSA) is 86.7 Å². The molecule has 6 heteroatoms. The van der Waals surface area contributed by atoms with Crippen LogP contribution in [-0.2, 0) is 16.0 Å². The molecule has 2 aromatic rings. The van der Waals surface area contributed by atoms with Gasteiger partial charge in [-0.15, -0.1) is 0 Å². The van der Waals surface area contributed by atoms with Gasteiger partial charge in [-0.05, 0) is 30.5 Å². The third-order valence-corrected chi connectivity index (χ3v) is 4.74. The average molecular weight is 366 g/mol. The predicted octanol–water partition coefficient (Wildman–Crippen LogP) is 2.10. The lowest BCUT2D eigenvalue weighted by molar-refractivity contribution is -0.148. The molecule has 0 spiro atoms. The van der Waals surface area contributed by atoms with Crippen molar-refractivity contribution in [2.24, 2.45) is 0 Å². The normalized spacial score (nSPS) is 17.3. The van der Waals surface area contributed by atoms with Gasteiger partial charge in [-0.1, -0.05) is 48.5 Å². The number of amides is 2. The second-order valence-electron chi connectivity index (χ2n) is 6.61. The number of carboxylic acids is 1. The van der Waals surface area contributed by atoms with Gasteiger partial charge in [0.15, 0.2) is 0 Å². The van der Waals surface area contributed by atoms with Gasteiger partial charge in [0, 0.05) is 18.5 Å². The van der Waals surface area contributed by atoms with Gasteiger partial charge < -0.3 is 15.3 Å². The molecule has 6 nitrogen and oxygen atoms in total. The van der Waals surface area contributed by atoms with E-state index in [0.717, 1.165) is 5.56 Å². The summed E-state index contributed by atoms with van der Waals surface area (Å²) in [6.45, 7) is 0.391. The van der Waals surface area contributed by atoms with Crippen molar-refractivity contribution in [3.05, 3.63) is 71.8 Å². The fourth-order valence-corrected chi connectivity index (χ4v) is 3.37. The maximum absolute atomic E-state index is 13.1. The molecule has 2 N–H and O–H groups in total. The molecule has 1 heterocycles. The van der Waals surface area contributed by atoms with Crippen molar-refractivity contribution in [2.75, 3.05) is 6.54 Å². The first kappa shape index (κ1) is 18.6. The first-order chi connectivity index (χ1) is 13.1. The second-order valence-corrected chi connectivity index (χ2v) is 6.61. The van der Waals surface area contributed by atoms with E-state index in [0.29, 0.717) is 31.4 Å². The lowest BCUT2D eigenvalue weighted by Gasteiger charge is -2.27. The number of aliphatic carboxylic acids is 1. The summed E-state index contributed by atoms with van der Waals surface area (Å²) in [5, 5.41) is 12.2. The Morgan fingerprint density at radius 2 is 1.67 bits per heavy atom. The number of benzene rings is 2. The number of nitrogens with one attached hydrogen (secondary N) is 1. The molecule has 0 bridgehead atoms. The highest BCUT2D eigenvalue weighted by atomic mass is 16.4. The van der Waals surface area contributed by atoms with Gasteiger partial charge in [0.1, 0.15) is 12.1 Å². The number of carbonyl (C=O) groups is 3. The molecule has 0 aliphatic carbocycles. The monoisotopic (exact) mass is 366 g/mol. The van der Waals surface area contributed by atoms with Gasteiger partial charge in [-0.3, -0.25) is 9.59 Å². The number of rotatable bonds is 6. The van der Waals surface area contributed by atoms with Gasteiger partial charge in [-0.2, -0.15) is 0 Å². The zero-order chi connectivity index (χ0) is 19.2. The van der Waals surface area contributed by atoms with Crippen molar-refractivity contribution >= 4 is 17.8 Å². The third-order valence-electron chi connectivity index (χ3n) is 4.74. The molecule has 2 amide bonds. The highest BCUT2D eigenvalue weighted by molar-refractivity contribution is 5.98. The molecule has 1 aliphatic heterocycles. The maximum Gasteiger partial charge on any atom is 0.326 e. The molecule has 27 heavy (non-hydrogen) atoms. The minimum atomic E-state index is -1.01. The number of nitrogens with zero attached hydrogens (tertiary/aromatic N) is 1. The Bertz CT molecular complexity index is 807. The van der Waals surface area contributed by atoms with Gasteiger partial charge in [0.2, 0.25) is 5.91 Å². The van der Waals surface area contributed by atoms with Crippen molar-refractivity contribution in [1.82, 2.24) is 10.2 Å². The zero-order valence-corrected chi connectivity index (χ0v) is 14.9. The minimum Gasteiger partial charge on any atom is -0.480 e. The summed E-state index contributed by atoms with van der Waals surface area (Å²) in [6.07, 6.45) is 1.39. The first-order valence-corrected chi connectivity index (χ1v) is 8.99. The van der Waals surface area contributed by atoms with E-state index in [-0.39, 0.29) is 11.8 Å². The molecular weight excluding hydrogens is 344 g/mol. The van der Waals surface area contributed by atoms with Crippen molar-refractivity contribution in [1.29, 1.82) is 0 Å². The summed E-state index contributed by atoms with van der Waals surface area (Å²) >= 11 is 0. The van der Waals surface area contributed by atoms with E-state index < -0.39 is 18.1 Å². The van der Waals surface area contributed by atoms with Gasteiger partial charge in [-0.25, -0.2) is 4.79 Å². The number of carbonyl (C=O) groups excluding carboxylic acids is 2. The Morgan fingerprint density at radius 3 is 2.30 bits per heavy atom. The van der Waals surface area contributed by atoms with Gasteiger partial charge in [0.05, 0.1) is 0 Å². The van der Waals surface area contributed by atoms with E-state index in [1.807, 2.05) is 36.4 Å². The SMILES string of the molecule is O=C(NC(Cc1ccccc1)C(=O)N1CCC[C@H]1C(=O)O)c1ccccc1. The Labute approximate surface area is 157 Å². The highest BCUT2D eigenvalue weighted by Crippen LogP contribution is 2.20. The Kier molecular flexibility index (Phi) is 5.86. The lowest BCUT2D eigenvalue weighted by atomic mass is 10.0. The zero-order valence-electron chi connectivity index (χ0n) is 14.9. The maximum atomic E-state index is 13.1. The van der Waals surface area contributed by atoms with E-state index in [2.05, 4.69) is 5.32 Å². The predicted molar refractivity (Wildman–Crippen MR) is 100 cm³/mol. The van der Waals surface area contributed by atoms with E-state index in [1.165, 1.54) is 4.90 Å². The van der Waals surface area contributed by atoms with Crippen molar-refractivity contribution in [3.63, 3.8) is 0 Å². The Hall–Kier alpha value is -3.15. The third kappa shape index (κ3) is 4.53. The molecule has 2 aromatic carbocycles. The van der Waals surface area contributed by atoms with Crippen LogP contribution in [0.5, 0.6) is 0 Å². The minimum absolute atomic E-state index is 0.307. The van der Waals surface area contributed by atoms with Crippen LogP contribution in [0.15, 0.2) is 60.7 Å². The molecule has 3 rings (SSSR count). The average Bonchev–Trinajstić information content (AvgIpc) is 3.18. The second kappa shape index (κ2) is 8.49. The largest absolute Gasteiger partial charge is 0.480 e. The fourth-order valence-electron chi connectivity index (χ4n) is 3.37. The molecule has 2 atom stereocenters. The van der Waals surface area contributed by atoms with Crippen LogP contribution in [0.4, 0.5) is 0 Å². The summed E-state index contributed by atoms with van der Waals surface area (Å²) in [5.41, 5.74) is 1.36. The number of likely N-dealkylation sites (tertiary alicyclic amines) is 1. The summed E-state index contributed by atoms with van der Waals surface area (Å²) in [4.78, 5) is 38.5. The summed E-state index contributed by atoms with van der Waals surface area (Å²) < 4.78 is 0. The highest BCUT2D eigenvalue weighted by Gasteiger charge is 2.37. The van der Waals surface area contributed by atoms with E-state index in [1.54, 1.807) is 24.3 Å². The molecule has 0 radical (unpaired) electrons. The number of hydrogen-bond donors (Lipinski definition) is 2. The molecule has 0 saturated carbocycles. The van der Waals surface area contributed by atoms with Crippen LogP contribution in [0.2, 0.25) is 0 Å². The van der Waals surface area contributed by atoms with Crippen LogP contribution in [-0.4, -0.2) is 46.4 Å². The standard InChI is InChI=1S/C21H22N2O4/c24-19(16-10-5-2-6-11-16)22-17(14-15-8-3-1-4-9-15)20(25)23-13-7-12-18(23)21(26)27/h1-6,8-11,17-18H,7,12-14H2,(H,22,24)(H,26,27)/t17?,18-/m0/s1. The molecule has 140 valence electrons. The van der Waals surface area contributed by atoms with E-state index in [9.17, 15) is 19.5 Å². The summed E-state index contributed by atoms with van der Waals surface area (Å²) in [5.74, 6) is -1.71. The van der Waals surface area contributed by atoms with Gasteiger partial charge in [0.25, 0.3) is 5.91 Å². The van der Waals surface area contributed by atoms with Crippen LogP contribution in [0.1, 0.15) is 28.8 Å². The molecule has 1 fully saturated rings. The molecule has 1 aliphatic rings. The Balaban J connectivity index is 1.81. The molecule has 1 saturated heterocycles. The molecule has 1 unspecified atom stereocenters. The van der Waals surface area contributed by atoms with Gasteiger partial charge >= 0.3 is 5.97 Å². The number of hydrogen-bond acceptors (Lipinski definition) is 3. The van der Waals surface area contributed by atoms with E-state index >= 15 is 0 Å². The molecular formula is C21H22N2O4. The summed E-state index contributed by atoms with van der Waals surface area (Å²) in [7, 11) is 0. The van der Waals surface area contributed by atoms with Crippen LogP contribution in [0.3, 0.4) is 0 Å². The van der Waals surface area contributed by atoms with Crippen molar-refractivity contribution in [2.45, 2.75) is 31.3 Å². The van der Waals surface area contributed by atoms with Crippen LogP contribution >= 0.6 is 0 Å². The number of carboxylic acid groups (broad SMARTS) is 1. The smallest absolute Gasteiger partial charge is 0.326 e. The fraction of sp³-hybridized carbons (Fsp3) is 0.286. The van der Waals surface area contributed by atoms with Crippen LogP contribution in [0.25, 0.3) is 0 Å². The van der Waals surface area contributed by atoms with Crippen molar-refractivity contribution < 1.29 is 19.5 Å². The summed E-state index contributed by atoms with van der Waals surface area (Å²) in [6, 6.07) is 16.4. The van der Waals surface area contributed by atoms with Crippen LogP contribution < -0.4 is 5.32 Å². The molecule has 0 aromatic heterocycles. The van der Waals surface area contributed by atoms with Crippen molar-refractivity contribution in [3.8, 4) is 0 Å². The Morgan fingerprint density at radius 1 is 1.04 bits per heavy atom. The quantitative estimate of drug-likeness (QED) is 0.820. The first-order valence-electron chi connectivity index (χ1n) is 8.99. The lowest BCUT2D eigenvalue weighted by Crippen LogP contribution is -2.52.